The lowest BCUT2D eigenvalue weighted by Crippen LogP contribution is -1.78. The van der Waals surface area contributed by atoms with Crippen LogP contribution >= 0.6 is 0 Å². The molecule has 1 heterocycles. The molecule has 1 rings (SSSR count). The van der Waals surface area contributed by atoms with Crippen LogP contribution in [0.25, 0.3) is 0 Å². The van der Waals surface area contributed by atoms with Crippen LogP contribution in [0.4, 0.5) is 0 Å². The molecule has 94 valence electrons. The summed E-state index contributed by atoms with van der Waals surface area (Å²) in [5, 5.41) is 0. The maximum Gasteiger partial charge on any atom is 0.0946 e. The van der Waals surface area contributed by atoms with E-state index in [4.69, 9.17) is 0 Å². The molecule has 0 N–H and O–H groups in total. The van der Waals surface area contributed by atoms with Gasteiger partial charge in [0.05, 0.1) is 12.0 Å². The summed E-state index contributed by atoms with van der Waals surface area (Å²) in [4.78, 5) is 4.10. The second-order valence-corrected chi connectivity index (χ2v) is 4.30. The van der Waals surface area contributed by atoms with Crippen molar-refractivity contribution in [1.82, 2.24) is 9.55 Å². The van der Waals surface area contributed by atoms with E-state index in [-0.39, 0.29) is 0 Å². The monoisotopic (exact) mass is 224 g/mol. The van der Waals surface area contributed by atoms with E-state index in [1.54, 1.807) is 0 Å². The number of imidazole rings is 1. The number of aromatic nitrogens is 2. The van der Waals surface area contributed by atoms with Gasteiger partial charge in [0.1, 0.15) is 0 Å². The molecule has 0 aliphatic carbocycles. The molecule has 0 fully saturated rings. The van der Waals surface area contributed by atoms with Crippen LogP contribution in [-0.4, -0.2) is 9.55 Å². The van der Waals surface area contributed by atoms with Gasteiger partial charge in [-0.1, -0.05) is 59.3 Å². The van der Waals surface area contributed by atoms with Crippen molar-refractivity contribution < 1.29 is 0 Å². The maximum absolute atomic E-state index is 4.10. The molecule has 0 aromatic carbocycles. The Balaban J connectivity index is 0.000000281. The van der Waals surface area contributed by atoms with E-state index >= 15 is 0 Å². The van der Waals surface area contributed by atoms with Crippen LogP contribution in [0, 0.1) is 0 Å². The first kappa shape index (κ1) is 15.2. The molecule has 0 bridgehead atoms. The number of rotatable bonds is 6. The number of nitrogens with zero attached hydrogens (tertiary/aromatic N) is 2. The molecular formula is C14H28N2. The highest BCUT2D eigenvalue weighted by Crippen LogP contribution is 2.03. The lowest BCUT2D eigenvalue weighted by molar-refractivity contribution is 0.624. The molecule has 1 aromatic heterocycles. The normalized spacial score (nSPS) is 9.75. The molecule has 16 heavy (non-hydrogen) atoms. The molecule has 0 spiro atoms. The Morgan fingerprint density at radius 2 is 1.56 bits per heavy atom. The van der Waals surface area contributed by atoms with Crippen LogP contribution in [0.3, 0.4) is 0 Å². The zero-order valence-corrected chi connectivity index (χ0v) is 11.5. The molecule has 1 aromatic rings. The van der Waals surface area contributed by atoms with Crippen LogP contribution in [0.1, 0.15) is 65.0 Å². The predicted octanol–water partition coefficient (Wildman–Crippen LogP) is 4.35. The van der Waals surface area contributed by atoms with Gasteiger partial charge in [-0.25, -0.2) is 4.98 Å². The fourth-order valence-electron chi connectivity index (χ4n) is 1.50. The fourth-order valence-corrected chi connectivity index (χ4v) is 1.50. The van der Waals surface area contributed by atoms with Gasteiger partial charge < -0.3 is 4.57 Å². The van der Waals surface area contributed by atoms with Crippen molar-refractivity contribution in [3.05, 3.63) is 18.2 Å². The molecule has 0 amide bonds. The summed E-state index contributed by atoms with van der Waals surface area (Å²) in [6.07, 6.45) is 13.4. The summed E-state index contributed by atoms with van der Waals surface area (Å²) in [5.74, 6) is 0. The summed E-state index contributed by atoms with van der Waals surface area (Å²) < 4.78 is 1.96. The first-order valence-electron chi connectivity index (χ1n) is 6.71. The van der Waals surface area contributed by atoms with E-state index < -0.39 is 0 Å². The van der Waals surface area contributed by atoms with Crippen LogP contribution in [0.2, 0.25) is 0 Å². The molecule has 0 radical (unpaired) electrons. The fraction of sp³-hybridized carbons (Fsp3) is 0.786. The molecule has 0 unspecified atom stereocenters. The van der Waals surface area contributed by atoms with E-state index in [1.165, 1.54) is 38.5 Å². The quantitative estimate of drug-likeness (QED) is 0.657. The van der Waals surface area contributed by atoms with Crippen molar-refractivity contribution in [2.24, 2.45) is 7.05 Å². The van der Waals surface area contributed by atoms with Crippen molar-refractivity contribution in [2.75, 3.05) is 0 Å². The van der Waals surface area contributed by atoms with Crippen molar-refractivity contribution >= 4 is 0 Å². The average molecular weight is 224 g/mol. The minimum Gasteiger partial charge on any atom is -0.340 e. The van der Waals surface area contributed by atoms with Gasteiger partial charge in [-0.05, 0) is 6.42 Å². The Morgan fingerprint density at radius 1 is 1.00 bits per heavy atom. The van der Waals surface area contributed by atoms with E-state index in [2.05, 4.69) is 25.8 Å². The molecular weight excluding hydrogens is 196 g/mol. The van der Waals surface area contributed by atoms with Crippen molar-refractivity contribution in [1.29, 1.82) is 0 Å². The first-order valence-corrected chi connectivity index (χ1v) is 6.71. The van der Waals surface area contributed by atoms with Crippen molar-refractivity contribution in [3.63, 3.8) is 0 Å². The summed E-state index contributed by atoms with van der Waals surface area (Å²) in [6, 6.07) is 0. The van der Waals surface area contributed by atoms with Gasteiger partial charge in [0.2, 0.25) is 0 Å². The highest BCUT2D eigenvalue weighted by Gasteiger charge is 1.88. The Hall–Kier alpha value is -0.790. The van der Waals surface area contributed by atoms with Gasteiger partial charge in [-0.15, -0.1) is 0 Å². The third-order valence-corrected chi connectivity index (χ3v) is 2.58. The number of aryl methyl sites for hydroxylation is 2. The lowest BCUT2D eigenvalue weighted by atomic mass is 10.1. The third-order valence-electron chi connectivity index (χ3n) is 2.58. The highest BCUT2D eigenvalue weighted by molar-refractivity contribution is 4.94. The topological polar surface area (TPSA) is 17.8 Å². The Kier molecular flexibility index (Phi) is 10.2. The lowest BCUT2D eigenvalue weighted by Gasteiger charge is -1.93. The molecule has 0 aliphatic rings. The second kappa shape index (κ2) is 10.7. The third kappa shape index (κ3) is 8.51. The van der Waals surface area contributed by atoms with E-state index in [0.29, 0.717) is 0 Å². The van der Waals surface area contributed by atoms with Gasteiger partial charge >= 0.3 is 0 Å². The van der Waals surface area contributed by atoms with Gasteiger partial charge in [-0.2, -0.15) is 0 Å². The predicted molar refractivity (Wildman–Crippen MR) is 71.6 cm³/mol. The van der Waals surface area contributed by atoms with Gasteiger partial charge in [0.15, 0.2) is 0 Å². The minimum absolute atomic E-state index is 1.03. The summed E-state index contributed by atoms with van der Waals surface area (Å²) in [5.41, 5.74) is 1.16. The first-order chi connectivity index (χ1) is 7.74. The van der Waals surface area contributed by atoms with Crippen LogP contribution in [-0.2, 0) is 13.5 Å². The number of hydrogen-bond acceptors (Lipinski definition) is 1. The van der Waals surface area contributed by atoms with E-state index in [1.807, 2.05) is 24.1 Å². The Bertz CT molecular complexity index is 235. The van der Waals surface area contributed by atoms with Crippen LogP contribution < -0.4 is 0 Å². The average Bonchev–Trinajstić information content (AvgIpc) is 2.72. The Morgan fingerprint density at radius 3 is 1.81 bits per heavy atom. The number of hydrogen-bond donors (Lipinski definition) is 0. The van der Waals surface area contributed by atoms with Gasteiger partial charge in [0.25, 0.3) is 0 Å². The minimum atomic E-state index is 1.03. The zero-order valence-electron chi connectivity index (χ0n) is 11.5. The SMILES string of the molecule is CCCCCCCC.CCc1cn(C)cn1. The standard InChI is InChI=1S/C8H18.C6H10N2/c1-3-5-7-8-6-4-2;1-3-6-4-8(2)5-7-6/h3-8H2,1-2H3;4-5H,3H2,1-2H3. The molecule has 2 heteroatoms. The Labute approximate surface area is 101 Å². The van der Waals surface area contributed by atoms with Gasteiger partial charge in [0, 0.05) is 13.2 Å². The maximum atomic E-state index is 4.10. The molecule has 0 aliphatic heterocycles. The largest absolute Gasteiger partial charge is 0.340 e. The summed E-state index contributed by atoms with van der Waals surface area (Å²) in [7, 11) is 1.98. The summed E-state index contributed by atoms with van der Waals surface area (Å²) >= 11 is 0. The van der Waals surface area contributed by atoms with Crippen molar-refractivity contribution in [3.8, 4) is 0 Å². The van der Waals surface area contributed by atoms with E-state index in [9.17, 15) is 0 Å². The van der Waals surface area contributed by atoms with Crippen molar-refractivity contribution in [2.45, 2.75) is 65.7 Å². The van der Waals surface area contributed by atoms with E-state index in [0.717, 1.165) is 12.1 Å². The van der Waals surface area contributed by atoms with Crippen LogP contribution in [0.5, 0.6) is 0 Å². The molecule has 0 atom stereocenters. The highest BCUT2D eigenvalue weighted by atomic mass is 15.0. The second-order valence-electron chi connectivity index (χ2n) is 4.30. The molecule has 0 saturated heterocycles. The zero-order chi connectivity index (χ0) is 12.2. The van der Waals surface area contributed by atoms with Gasteiger partial charge in [-0.3, -0.25) is 0 Å². The summed E-state index contributed by atoms with van der Waals surface area (Å²) in [6.45, 7) is 6.61. The number of unbranched alkanes of at least 4 members (excludes halogenated alkanes) is 5. The molecule has 0 saturated carbocycles. The molecule has 2 nitrogen and oxygen atoms in total. The smallest absolute Gasteiger partial charge is 0.0946 e. The van der Waals surface area contributed by atoms with Crippen LogP contribution in [0.15, 0.2) is 12.5 Å².